The van der Waals surface area contributed by atoms with Crippen molar-refractivity contribution in [2.45, 2.75) is 59.0 Å². The highest BCUT2D eigenvalue weighted by Crippen LogP contribution is 2.19. The van der Waals surface area contributed by atoms with Crippen LogP contribution in [0.2, 0.25) is 0 Å². The summed E-state index contributed by atoms with van der Waals surface area (Å²) in [5.41, 5.74) is 3.01. The normalized spacial score (nSPS) is 14.8. The van der Waals surface area contributed by atoms with Gasteiger partial charge in [0.15, 0.2) is 0 Å². The van der Waals surface area contributed by atoms with E-state index in [-0.39, 0.29) is 12.0 Å². The van der Waals surface area contributed by atoms with Crippen LogP contribution in [0.25, 0.3) is 0 Å². The summed E-state index contributed by atoms with van der Waals surface area (Å²) in [7, 11) is 0. The number of hydrogen-bond donors (Lipinski definition) is 1. The first-order valence-corrected chi connectivity index (χ1v) is 8.25. The topological polar surface area (TPSA) is 62.5 Å². The van der Waals surface area contributed by atoms with Crippen LogP contribution in [0.4, 0.5) is 0 Å². The Morgan fingerprint density at radius 3 is 2.77 bits per heavy atom. The van der Waals surface area contributed by atoms with E-state index in [1.54, 1.807) is 0 Å². The molecule has 0 spiro atoms. The van der Waals surface area contributed by atoms with Crippen molar-refractivity contribution in [3.8, 4) is 0 Å². The van der Waals surface area contributed by atoms with Crippen LogP contribution >= 0.6 is 0 Å². The van der Waals surface area contributed by atoms with E-state index in [1.165, 1.54) is 5.56 Å². The molecule has 1 aromatic rings. The van der Waals surface area contributed by atoms with Gasteiger partial charge in [0.25, 0.3) is 5.56 Å². The maximum absolute atomic E-state index is 12.7. The molecule has 1 N–H and O–H groups in total. The van der Waals surface area contributed by atoms with E-state index in [0.29, 0.717) is 12.0 Å². The molecule has 0 amide bonds. The molecule has 0 atom stereocenters. The molecule has 0 unspecified atom stereocenters. The van der Waals surface area contributed by atoms with Crippen molar-refractivity contribution < 1.29 is 9.90 Å². The molecule has 2 heterocycles. The first-order valence-electron chi connectivity index (χ1n) is 8.25. The number of aryl methyl sites for hydroxylation is 1. The molecule has 0 aromatic carbocycles. The minimum absolute atomic E-state index is 0.0124. The van der Waals surface area contributed by atoms with E-state index in [9.17, 15) is 9.59 Å². The molecule has 0 bridgehead atoms. The smallest absolute Gasteiger partial charge is 0.303 e. The van der Waals surface area contributed by atoms with Gasteiger partial charge >= 0.3 is 5.97 Å². The molecule has 22 heavy (non-hydrogen) atoms. The van der Waals surface area contributed by atoms with Crippen LogP contribution in [-0.4, -0.2) is 33.6 Å². The average molecular weight is 306 g/mol. The van der Waals surface area contributed by atoms with Gasteiger partial charge in [-0.3, -0.25) is 14.5 Å². The number of carbonyl (C=O) groups is 1. The minimum Gasteiger partial charge on any atom is -0.481 e. The number of rotatable bonds is 7. The van der Waals surface area contributed by atoms with Gasteiger partial charge in [0.1, 0.15) is 0 Å². The van der Waals surface area contributed by atoms with E-state index in [1.807, 2.05) is 10.6 Å². The fourth-order valence-corrected chi connectivity index (χ4v) is 3.08. The van der Waals surface area contributed by atoms with E-state index in [2.05, 4.69) is 18.7 Å². The number of carboxylic acids is 1. The van der Waals surface area contributed by atoms with E-state index in [0.717, 1.165) is 51.1 Å². The molecule has 1 aliphatic rings. The quantitative estimate of drug-likeness (QED) is 0.837. The summed E-state index contributed by atoms with van der Waals surface area (Å²) >= 11 is 0. The Bertz CT molecular complexity index is 592. The Labute approximate surface area is 131 Å². The summed E-state index contributed by atoms with van der Waals surface area (Å²) in [6.07, 6.45) is 3.26. The zero-order chi connectivity index (χ0) is 16.1. The molecule has 1 aliphatic heterocycles. The van der Waals surface area contributed by atoms with Gasteiger partial charge in [-0.15, -0.1) is 0 Å². The van der Waals surface area contributed by atoms with Gasteiger partial charge < -0.3 is 9.67 Å². The second-order valence-electron chi connectivity index (χ2n) is 5.96. The zero-order valence-electron chi connectivity index (χ0n) is 13.6. The summed E-state index contributed by atoms with van der Waals surface area (Å²) in [5.74, 6) is -0.854. The number of unbranched alkanes of at least 4 members (excludes halogenated alkanes) is 1. The number of fused-ring (bicyclic) bond motifs is 1. The summed E-state index contributed by atoms with van der Waals surface area (Å²) < 4.78 is 1.91. The molecule has 5 heteroatoms. The van der Waals surface area contributed by atoms with Crippen LogP contribution in [0, 0.1) is 0 Å². The molecular weight excluding hydrogens is 280 g/mol. The highest BCUT2D eigenvalue weighted by atomic mass is 16.4. The van der Waals surface area contributed by atoms with Gasteiger partial charge in [-0.05, 0) is 31.0 Å². The molecule has 0 fully saturated rings. The summed E-state index contributed by atoms with van der Waals surface area (Å²) in [6.45, 7) is 7.85. The van der Waals surface area contributed by atoms with E-state index < -0.39 is 5.97 Å². The molecular formula is C17H26N2O3. The zero-order valence-corrected chi connectivity index (χ0v) is 13.6. The molecule has 122 valence electrons. The maximum Gasteiger partial charge on any atom is 0.303 e. The number of aromatic nitrogens is 1. The number of hydrogen-bond acceptors (Lipinski definition) is 3. The van der Waals surface area contributed by atoms with Crippen molar-refractivity contribution in [2.75, 3.05) is 13.1 Å². The van der Waals surface area contributed by atoms with Crippen molar-refractivity contribution in [1.29, 1.82) is 0 Å². The Kier molecular flexibility index (Phi) is 5.77. The lowest BCUT2D eigenvalue weighted by Gasteiger charge is -2.30. The van der Waals surface area contributed by atoms with Crippen molar-refractivity contribution >= 4 is 5.97 Å². The summed E-state index contributed by atoms with van der Waals surface area (Å²) in [6, 6.07) is 1.95. The fourth-order valence-electron chi connectivity index (χ4n) is 3.08. The molecule has 0 saturated heterocycles. The van der Waals surface area contributed by atoms with Crippen LogP contribution < -0.4 is 5.56 Å². The van der Waals surface area contributed by atoms with Crippen molar-refractivity contribution in [3.05, 3.63) is 33.2 Å². The Hall–Kier alpha value is -1.62. The SMILES string of the molecule is CCCCn1c2c(cc(CCC(=O)O)c1=O)CN(CC)CC2. The van der Waals surface area contributed by atoms with Crippen LogP contribution in [0.3, 0.4) is 0 Å². The second kappa shape index (κ2) is 7.58. The largest absolute Gasteiger partial charge is 0.481 e. The molecule has 1 aromatic heterocycles. The van der Waals surface area contributed by atoms with Crippen molar-refractivity contribution in [2.24, 2.45) is 0 Å². The average Bonchev–Trinajstić information content (AvgIpc) is 2.51. The number of nitrogens with zero attached hydrogens (tertiary/aromatic N) is 2. The Morgan fingerprint density at radius 2 is 2.14 bits per heavy atom. The molecule has 0 saturated carbocycles. The predicted octanol–water partition coefficient (Wildman–Crippen LogP) is 2.04. The van der Waals surface area contributed by atoms with Gasteiger partial charge in [0, 0.05) is 43.7 Å². The standard InChI is InChI=1S/C17H26N2O3/c1-3-5-9-19-15-8-10-18(4-2)12-14(15)11-13(17(19)22)6-7-16(20)21/h11H,3-10,12H2,1-2H3,(H,20,21). The molecule has 5 nitrogen and oxygen atoms in total. The van der Waals surface area contributed by atoms with Crippen molar-refractivity contribution in [3.63, 3.8) is 0 Å². The summed E-state index contributed by atoms with van der Waals surface area (Å²) in [5, 5.41) is 8.88. The Morgan fingerprint density at radius 1 is 1.36 bits per heavy atom. The predicted molar refractivity (Wildman–Crippen MR) is 86.2 cm³/mol. The van der Waals surface area contributed by atoms with Gasteiger partial charge in [-0.1, -0.05) is 20.3 Å². The van der Waals surface area contributed by atoms with Crippen LogP contribution in [0.15, 0.2) is 10.9 Å². The number of likely N-dealkylation sites (N-methyl/N-ethyl adjacent to an activating group) is 1. The highest BCUT2D eigenvalue weighted by Gasteiger charge is 2.21. The highest BCUT2D eigenvalue weighted by molar-refractivity contribution is 5.67. The monoisotopic (exact) mass is 306 g/mol. The van der Waals surface area contributed by atoms with Crippen molar-refractivity contribution in [1.82, 2.24) is 9.47 Å². The lowest BCUT2D eigenvalue weighted by molar-refractivity contribution is -0.136. The molecule has 0 aliphatic carbocycles. The third-order valence-electron chi connectivity index (χ3n) is 4.41. The molecule has 0 radical (unpaired) electrons. The Balaban J connectivity index is 2.39. The number of pyridine rings is 1. The second-order valence-corrected chi connectivity index (χ2v) is 5.96. The summed E-state index contributed by atoms with van der Waals surface area (Å²) in [4.78, 5) is 25.8. The van der Waals surface area contributed by atoms with Gasteiger partial charge in [-0.2, -0.15) is 0 Å². The first-order chi connectivity index (χ1) is 10.6. The third kappa shape index (κ3) is 3.77. The van der Waals surface area contributed by atoms with Crippen LogP contribution in [-0.2, 0) is 30.7 Å². The van der Waals surface area contributed by atoms with E-state index >= 15 is 0 Å². The van der Waals surface area contributed by atoms with E-state index in [4.69, 9.17) is 5.11 Å². The minimum atomic E-state index is -0.854. The number of carboxylic acid groups (broad SMARTS) is 1. The van der Waals surface area contributed by atoms with Gasteiger partial charge in [-0.25, -0.2) is 0 Å². The van der Waals surface area contributed by atoms with Gasteiger partial charge in [0.05, 0.1) is 0 Å². The number of aliphatic carboxylic acids is 1. The molecule has 2 rings (SSSR count). The maximum atomic E-state index is 12.7. The van der Waals surface area contributed by atoms with Crippen LogP contribution in [0.5, 0.6) is 0 Å². The van der Waals surface area contributed by atoms with Gasteiger partial charge in [0.2, 0.25) is 0 Å². The lowest BCUT2D eigenvalue weighted by Crippen LogP contribution is -2.37. The lowest BCUT2D eigenvalue weighted by atomic mass is 10.0. The first kappa shape index (κ1) is 16.7. The van der Waals surface area contributed by atoms with Crippen LogP contribution in [0.1, 0.15) is 49.9 Å². The fraction of sp³-hybridized carbons (Fsp3) is 0.647. The third-order valence-corrected chi connectivity index (χ3v) is 4.41.